The molecule has 0 amide bonds. The molecule has 0 heterocycles. The van der Waals surface area contributed by atoms with Gasteiger partial charge in [0.15, 0.2) is 0 Å². The quantitative estimate of drug-likeness (QED) is 0.793. The van der Waals surface area contributed by atoms with Gasteiger partial charge in [-0.1, -0.05) is 28.1 Å². The van der Waals surface area contributed by atoms with Crippen LogP contribution in [0.25, 0.3) is 5.57 Å². The molecule has 16 heavy (non-hydrogen) atoms. The highest BCUT2D eigenvalue weighted by Gasteiger charge is 2.40. The van der Waals surface area contributed by atoms with Gasteiger partial charge in [0.2, 0.25) is 0 Å². The third-order valence-electron chi connectivity index (χ3n) is 2.74. The Balaban J connectivity index is 2.13. The van der Waals surface area contributed by atoms with Gasteiger partial charge in [0.05, 0.1) is 6.61 Å². The number of rotatable bonds is 3. The molecule has 1 atom stereocenters. The maximum Gasteiger partial charge on any atom is 0.317 e. The predicted molar refractivity (Wildman–Crippen MR) is 66.9 cm³/mol. The lowest BCUT2D eigenvalue weighted by Crippen LogP contribution is -2.08. The molecule has 1 aromatic rings. The molecule has 1 aliphatic carbocycles. The summed E-state index contributed by atoms with van der Waals surface area (Å²) >= 11 is 3.39. The van der Waals surface area contributed by atoms with E-state index >= 15 is 0 Å². The molecule has 0 bridgehead atoms. The van der Waals surface area contributed by atoms with Crippen molar-refractivity contribution < 1.29 is 9.53 Å². The Morgan fingerprint density at radius 1 is 1.38 bits per heavy atom. The van der Waals surface area contributed by atoms with Crippen LogP contribution in [0.5, 0.6) is 0 Å². The Morgan fingerprint density at radius 2 is 2.00 bits per heavy atom. The van der Waals surface area contributed by atoms with Crippen LogP contribution in [-0.2, 0) is 9.53 Å². The summed E-state index contributed by atoms with van der Waals surface area (Å²) in [7, 11) is 0. The highest BCUT2D eigenvalue weighted by Crippen LogP contribution is 2.47. The SMILES string of the molecule is CCOC(=O)C1C(C)=C1c1ccc(Br)cc1. The minimum atomic E-state index is -0.127. The van der Waals surface area contributed by atoms with E-state index in [2.05, 4.69) is 15.9 Å². The van der Waals surface area contributed by atoms with E-state index in [-0.39, 0.29) is 11.9 Å². The molecule has 1 aliphatic rings. The second-order valence-electron chi connectivity index (χ2n) is 3.79. The monoisotopic (exact) mass is 280 g/mol. The zero-order valence-electron chi connectivity index (χ0n) is 9.29. The first kappa shape index (κ1) is 11.4. The molecule has 0 saturated carbocycles. The minimum Gasteiger partial charge on any atom is -0.465 e. The van der Waals surface area contributed by atoms with E-state index in [1.54, 1.807) is 0 Å². The summed E-state index contributed by atoms with van der Waals surface area (Å²) in [4.78, 5) is 11.6. The first-order chi connectivity index (χ1) is 7.65. The molecule has 2 rings (SSSR count). The van der Waals surface area contributed by atoms with Crippen molar-refractivity contribution in [3.8, 4) is 0 Å². The summed E-state index contributed by atoms with van der Waals surface area (Å²) in [6.45, 7) is 4.25. The van der Waals surface area contributed by atoms with Crippen molar-refractivity contribution in [2.45, 2.75) is 13.8 Å². The van der Waals surface area contributed by atoms with Crippen molar-refractivity contribution in [1.82, 2.24) is 0 Å². The van der Waals surface area contributed by atoms with E-state index in [1.165, 1.54) is 0 Å². The summed E-state index contributed by atoms with van der Waals surface area (Å²) in [5.74, 6) is -0.237. The Hall–Kier alpha value is -1.09. The third-order valence-corrected chi connectivity index (χ3v) is 3.27. The maximum atomic E-state index is 11.6. The summed E-state index contributed by atoms with van der Waals surface area (Å²) in [6, 6.07) is 8.00. The average molecular weight is 281 g/mol. The highest BCUT2D eigenvalue weighted by atomic mass is 79.9. The summed E-state index contributed by atoms with van der Waals surface area (Å²) in [6.07, 6.45) is 0. The number of hydrogen-bond donors (Lipinski definition) is 0. The van der Waals surface area contributed by atoms with Gasteiger partial charge in [-0.3, -0.25) is 4.79 Å². The fraction of sp³-hybridized carbons (Fsp3) is 0.308. The largest absolute Gasteiger partial charge is 0.465 e. The van der Waals surface area contributed by atoms with Crippen LogP contribution in [0.15, 0.2) is 34.3 Å². The zero-order valence-corrected chi connectivity index (χ0v) is 10.9. The molecule has 0 saturated heterocycles. The fourth-order valence-electron chi connectivity index (χ4n) is 1.87. The van der Waals surface area contributed by atoms with Gasteiger partial charge in [-0.2, -0.15) is 0 Å². The van der Waals surface area contributed by atoms with Gasteiger partial charge in [-0.15, -0.1) is 0 Å². The molecule has 0 spiro atoms. The Kier molecular flexibility index (Phi) is 3.15. The predicted octanol–water partition coefficient (Wildman–Crippen LogP) is 3.42. The van der Waals surface area contributed by atoms with E-state index in [9.17, 15) is 4.79 Å². The number of halogens is 1. The van der Waals surface area contributed by atoms with E-state index in [4.69, 9.17) is 4.74 Å². The highest BCUT2D eigenvalue weighted by molar-refractivity contribution is 9.10. The van der Waals surface area contributed by atoms with Crippen LogP contribution in [0.4, 0.5) is 0 Å². The van der Waals surface area contributed by atoms with E-state index in [0.717, 1.165) is 21.2 Å². The summed E-state index contributed by atoms with van der Waals surface area (Å²) < 4.78 is 6.07. The van der Waals surface area contributed by atoms with Crippen molar-refractivity contribution in [2.75, 3.05) is 6.61 Å². The van der Waals surface area contributed by atoms with Gasteiger partial charge in [0, 0.05) is 4.47 Å². The standard InChI is InChI=1S/C13H13BrO2/c1-3-16-13(15)12-8(2)11(12)9-4-6-10(14)7-5-9/h4-7,12H,3H2,1-2H3. The smallest absolute Gasteiger partial charge is 0.317 e. The lowest BCUT2D eigenvalue weighted by molar-refractivity contribution is -0.143. The first-order valence-electron chi connectivity index (χ1n) is 5.28. The van der Waals surface area contributed by atoms with Crippen LogP contribution < -0.4 is 0 Å². The van der Waals surface area contributed by atoms with Crippen molar-refractivity contribution >= 4 is 27.5 Å². The molecule has 0 aromatic heterocycles. The molecule has 0 N–H and O–H groups in total. The molecule has 0 fully saturated rings. The van der Waals surface area contributed by atoms with E-state index < -0.39 is 0 Å². The van der Waals surface area contributed by atoms with Crippen LogP contribution in [0.2, 0.25) is 0 Å². The number of esters is 1. The normalized spacial score (nSPS) is 18.6. The van der Waals surface area contributed by atoms with Crippen molar-refractivity contribution in [2.24, 2.45) is 5.92 Å². The lowest BCUT2D eigenvalue weighted by atomic mass is 10.1. The lowest BCUT2D eigenvalue weighted by Gasteiger charge is -2.01. The molecule has 2 nitrogen and oxygen atoms in total. The number of carbonyl (C=O) groups excluding carboxylic acids is 1. The topological polar surface area (TPSA) is 26.3 Å². The second-order valence-corrected chi connectivity index (χ2v) is 4.70. The van der Waals surface area contributed by atoms with Gasteiger partial charge < -0.3 is 4.74 Å². The maximum absolute atomic E-state index is 11.6. The molecule has 1 unspecified atom stereocenters. The molecule has 1 aromatic carbocycles. The Morgan fingerprint density at radius 3 is 2.56 bits per heavy atom. The van der Waals surface area contributed by atoms with Crippen LogP contribution >= 0.6 is 15.9 Å². The summed E-state index contributed by atoms with van der Waals surface area (Å²) in [5, 5.41) is 0. The Bertz CT molecular complexity index is 446. The molecular formula is C13H13BrO2. The zero-order chi connectivity index (χ0) is 11.7. The van der Waals surface area contributed by atoms with Crippen molar-refractivity contribution in [3.63, 3.8) is 0 Å². The minimum absolute atomic E-state index is 0.110. The number of benzene rings is 1. The fourth-order valence-corrected chi connectivity index (χ4v) is 2.14. The van der Waals surface area contributed by atoms with Gasteiger partial charge in [-0.05, 0) is 42.7 Å². The van der Waals surface area contributed by atoms with Crippen molar-refractivity contribution in [3.05, 3.63) is 39.9 Å². The van der Waals surface area contributed by atoms with Gasteiger partial charge in [-0.25, -0.2) is 0 Å². The van der Waals surface area contributed by atoms with Gasteiger partial charge in [0.1, 0.15) is 5.92 Å². The molecule has 3 heteroatoms. The van der Waals surface area contributed by atoms with Crippen LogP contribution in [0, 0.1) is 5.92 Å². The molecule has 0 radical (unpaired) electrons. The van der Waals surface area contributed by atoms with E-state index in [0.29, 0.717) is 6.61 Å². The first-order valence-corrected chi connectivity index (χ1v) is 6.07. The third kappa shape index (κ3) is 2.05. The average Bonchev–Trinajstić information content (AvgIpc) is 2.92. The Labute approximate surface area is 103 Å². The molecule has 0 aliphatic heterocycles. The molecular weight excluding hydrogens is 268 g/mol. The number of ether oxygens (including phenoxy) is 1. The number of hydrogen-bond acceptors (Lipinski definition) is 2. The van der Waals surface area contributed by atoms with E-state index in [1.807, 2.05) is 38.1 Å². The van der Waals surface area contributed by atoms with Gasteiger partial charge >= 0.3 is 5.97 Å². The second kappa shape index (κ2) is 4.42. The number of carbonyl (C=O) groups is 1. The van der Waals surface area contributed by atoms with Crippen molar-refractivity contribution in [1.29, 1.82) is 0 Å². The van der Waals surface area contributed by atoms with Crippen LogP contribution in [0.1, 0.15) is 19.4 Å². The van der Waals surface area contributed by atoms with Crippen LogP contribution in [-0.4, -0.2) is 12.6 Å². The van der Waals surface area contributed by atoms with Crippen LogP contribution in [0.3, 0.4) is 0 Å². The van der Waals surface area contributed by atoms with Gasteiger partial charge in [0.25, 0.3) is 0 Å². The summed E-state index contributed by atoms with van der Waals surface area (Å²) in [5.41, 5.74) is 3.35. The molecule has 84 valence electrons.